The van der Waals surface area contributed by atoms with Crippen molar-refractivity contribution in [2.75, 3.05) is 31.6 Å². The summed E-state index contributed by atoms with van der Waals surface area (Å²) in [6.07, 6.45) is 2.85. The smallest absolute Gasteiger partial charge is 0.407 e. The Kier molecular flexibility index (Phi) is 7.55. The van der Waals surface area contributed by atoms with Gasteiger partial charge >= 0.3 is 6.09 Å². The Morgan fingerprint density at radius 3 is 2.70 bits per heavy atom. The van der Waals surface area contributed by atoms with E-state index in [9.17, 15) is 9.90 Å². The lowest BCUT2D eigenvalue weighted by Gasteiger charge is -2.21. The first-order valence-corrected chi connectivity index (χ1v) is 9.08. The monoisotopic (exact) mass is 372 g/mol. The zero-order chi connectivity index (χ0) is 19.7. The predicted molar refractivity (Wildman–Crippen MR) is 105 cm³/mol. The molecule has 2 rings (SSSR count). The third-order valence-corrected chi connectivity index (χ3v) is 4.01. The van der Waals surface area contributed by atoms with Crippen LogP contribution in [0.2, 0.25) is 0 Å². The molecule has 0 aliphatic carbocycles. The lowest BCUT2D eigenvalue weighted by atomic mass is 10.1. The van der Waals surface area contributed by atoms with Crippen LogP contribution in [0.25, 0.3) is 0 Å². The average molecular weight is 372 g/mol. The molecule has 146 valence electrons. The zero-order valence-corrected chi connectivity index (χ0v) is 16.2. The topological polar surface area (TPSA) is 87.6 Å². The Hall–Kier alpha value is -2.67. The first-order chi connectivity index (χ1) is 12.9. The van der Waals surface area contributed by atoms with Crippen LogP contribution in [0.4, 0.5) is 10.7 Å². The third-order valence-electron chi connectivity index (χ3n) is 4.01. The fourth-order valence-corrected chi connectivity index (χ4v) is 2.44. The van der Waals surface area contributed by atoms with Gasteiger partial charge in [0.05, 0.1) is 12.3 Å². The molecule has 0 saturated carbocycles. The van der Waals surface area contributed by atoms with Gasteiger partial charge in [0.15, 0.2) is 0 Å². The third kappa shape index (κ3) is 7.22. The van der Waals surface area contributed by atoms with Crippen LogP contribution in [0.3, 0.4) is 0 Å². The van der Waals surface area contributed by atoms with Crippen molar-refractivity contribution in [3.8, 4) is 0 Å². The molecule has 1 amide bonds. The van der Waals surface area contributed by atoms with Crippen LogP contribution in [0, 0.1) is 0 Å². The summed E-state index contributed by atoms with van der Waals surface area (Å²) >= 11 is 0. The van der Waals surface area contributed by atoms with Crippen molar-refractivity contribution in [2.24, 2.45) is 0 Å². The van der Waals surface area contributed by atoms with Crippen LogP contribution in [0.15, 0.2) is 42.6 Å². The quantitative estimate of drug-likeness (QED) is 0.658. The van der Waals surface area contributed by atoms with Gasteiger partial charge in [-0.05, 0) is 38.3 Å². The Morgan fingerprint density at radius 1 is 1.26 bits per heavy atom. The van der Waals surface area contributed by atoms with Crippen molar-refractivity contribution in [1.82, 2.24) is 15.3 Å². The number of nitrogens with zero attached hydrogens (tertiary/aromatic N) is 3. The number of aliphatic hydroxyl groups is 1. The molecular weight excluding hydrogens is 344 g/mol. The molecule has 2 aromatic rings. The first-order valence-electron chi connectivity index (χ1n) is 9.08. The lowest BCUT2D eigenvalue weighted by Crippen LogP contribution is -2.34. The van der Waals surface area contributed by atoms with Gasteiger partial charge in [0.25, 0.3) is 0 Å². The fraction of sp³-hybridized carbons (Fsp3) is 0.450. The summed E-state index contributed by atoms with van der Waals surface area (Å²) in [6, 6.07) is 11.8. The molecule has 0 fully saturated rings. The van der Waals surface area contributed by atoms with Gasteiger partial charge in [-0.3, -0.25) is 0 Å². The minimum atomic E-state index is -1.03. The second kappa shape index (κ2) is 9.87. The van der Waals surface area contributed by atoms with Gasteiger partial charge in [-0.1, -0.05) is 30.3 Å². The minimum absolute atomic E-state index is 0.382. The number of alkyl carbamates (subject to hydrolysis) is 1. The number of carbonyl (C=O) groups is 1. The fourth-order valence-electron chi connectivity index (χ4n) is 2.44. The van der Waals surface area contributed by atoms with Crippen molar-refractivity contribution >= 4 is 12.0 Å². The minimum Gasteiger partial charge on any atom is -0.450 e. The van der Waals surface area contributed by atoms with E-state index in [1.165, 1.54) is 5.56 Å². The SMILES string of the molecule is CN(CCNC(=O)OCCCc1ccccc1)c1nccc(C(C)(C)O)n1. The Balaban J connectivity index is 1.66. The van der Waals surface area contributed by atoms with E-state index in [2.05, 4.69) is 27.4 Å². The number of amides is 1. The highest BCUT2D eigenvalue weighted by atomic mass is 16.5. The van der Waals surface area contributed by atoms with Crippen LogP contribution >= 0.6 is 0 Å². The van der Waals surface area contributed by atoms with Gasteiger partial charge in [0.2, 0.25) is 5.95 Å². The van der Waals surface area contributed by atoms with E-state index < -0.39 is 11.7 Å². The number of benzene rings is 1. The Labute approximate surface area is 160 Å². The van der Waals surface area contributed by atoms with Crippen LogP contribution in [0.1, 0.15) is 31.5 Å². The number of hydrogen-bond donors (Lipinski definition) is 2. The molecule has 0 bridgehead atoms. The standard InChI is InChI=1S/C20H28N4O3/c1-20(2,26)17-11-12-21-18(23-17)24(3)14-13-22-19(25)27-15-7-10-16-8-5-4-6-9-16/h4-6,8-9,11-12,26H,7,10,13-15H2,1-3H3,(H,22,25). The van der Waals surface area contributed by atoms with Gasteiger partial charge in [0, 0.05) is 26.3 Å². The molecule has 0 spiro atoms. The average Bonchev–Trinajstić information content (AvgIpc) is 2.65. The number of likely N-dealkylation sites (N-methyl/N-ethyl adjacent to an activating group) is 1. The number of ether oxygens (including phenoxy) is 1. The highest BCUT2D eigenvalue weighted by molar-refractivity contribution is 5.67. The molecular formula is C20H28N4O3. The van der Waals surface area contributed by atoms with E-state index >= 15 is 0 Å². The maximum Gasteiger partial charge on any atom is 0.407 e. The predicted octanol–water partition coefficient (Wildman–Crippen LogP) is 2.50. The maximum absolute atomic E-state index is 11.7. The highest BCUT2D eigenvalue weighted by Crippen LogP contribution is 2.18. The normalized spacial score (nSPS) is 11.1. The highest BCUT2D eigenvalue weighted by Gasteiger charge is 2.19. The second-order valence-corrected chi connectivity index (χ2v) is 6.87. The molecule has 0 atom stereocenters. The number of carbonyl (C=O) groups excluding carboxylic acids is 1. The van der Waals surface area contributed by atoms with Gasteiger partial charge in [-0.2, -0.15) is 0 Å². The number of nitrogens with one attached hydrogen (secondary N) is 1. The van der Waals surface area contributed by atoms with E-state index in [4.69, 9.17) is 4.74 Å². The summed E-state index contributed by atoms with van der Waals surface area (Å²) in [7, 11) is 1.83. The molecule has 2 N–H and O–H groups in total. The van der Waals surface area contributed by atoms with Crippen LogP contribution in [0.5, 0.6) is 0 Å². The first kappa shape index (κ1) is 20.6. The number of aryl methyl sites for hydroxylation is 1. The molecule has 7 heteroatoms. The molecule has 0 aliphatic heterocycles. The van der Waals surface area contributed by atoms with Gasteiger partial charge in [-0.15, -0.1) is 0 Å². The summed E-state index contributed by atoms with van der Waals surface area (Å²) in [4.78, 5) is 22.1. The van der Waals surface area contributed by atoms with E-state index in [0.717, 1.165) is 12.8 Å². The molecule has 1 aromatic heterocycles. The Morgan fingerprint density at radius 2 is 2.00 bits per heavy atom. The van der Waals surface area contributed by atoms with Gasteiger partial charge in [-0.25, -0.2) is 14.8 Å². The van der Waals surface area contributed by atoms with E-state index in [0.29, 0.717) is 31.3 Å². The van der Waals surface area contributed by atoms with Crippen molar-refractivity contribution in [1.29, 1.82) is 0 Å². The van der Waals surface area contributed by atoms with Crippen molar-refractivity contribution < 1.29 is 14.6 Å². The summed E-state index contributed by atoms with van der Waals surface area (Å²) in [6.45, 7) is 4.66. The molecule has 7 nitrogen and oxygen atoms in total. The van der Waals surface area contributed by atoms with Crippen LogP contribution in [-0.4, -0.2) is 47.9 Å². The summed E-state index contributed by atoms with van der Waals surface area (Å²) in [5.74, 6) is 0.493. The van der Waals surface area contributed by atoms with E-state index in [1.807, 2.05) is 30.1 Å². The van der Waals surface area contributed by atoms with E-state index in [-0.39, 0.29) is 0 Å². The number of anilines is 1. The Bertz CT molecular complexity index is 717. The maximum atomic E-state index is 11.7. The summed E-state index contributed by atoms with van der Waals surface area (Å²) in [5.41, 5.74) is 0.752. The lowest BCUT2D eigenvalue weighted by molar-refractivity contribution is 0.0738. The van der Waals surface area contributed by atoms with Crippen molar-refractivity contribution in [3.63, 3.8) is 0 Å². The van der Waals surface area contributed by atoms with Crippen molar-refractivity contribution in [3.05, 3.63) is 53.9 Å². The van der Waals surface area contributed by atoms with E-state index in [1.54, 1.807) is 26.1 Å². The molecule has 1 aromatic carbocycles. The van der Waals surface area contributed by atoms with Crippen LogP contribution in [-0.2, 0) is 16.8 Å². The summed E-state index contributed by atoms with van der Waals surface area (Å²) < 4.78 is 5.18. The summed E-state index contributed by atoms with van der Waals surface area (Å²) in [5, 5.41) is 12.8. The second-order valence-electron chi connectivity index (χ2n) is 6.87. The zero-order valence-electron chi connectivity index (χ0n) is 16.2. The molecule has 0 unspecified atom stereocenters. The molecule has 27 heavy (non-hydrogen) atoms. The number of aromatic nitrogens is 2. The molecule has 1 heterocycles. The van der Waals surface area contributed by atoms with Gasteiger partial charge in [0.1, 0.15) is 5.60 Å². The molecule has 0 aliphatic rings. The van der Waals surface area contributed by atoms with Crippen molar-refractivity contribution in [2.45, 2.75) is 32.3 Å². The van der Waals surface area contributed by atoms with Crippen LogP contribution < -0.4 is 10.2 Å². The molecule has 0 radical (unpaired) electrons. The number of rotatable bonds is 9. The van der Waals surface area contributed by atoms with Gasteiger partial charge < -0.3 is 20.1 Å². The molecule has 0 saturated heterocycles. The number of hydrogen-bond acceptors (Lipinski definition) is 6. The largest absolute Gasteiger partial charge is 0.450 e.